The third-order valence-corrected chi connectivity index (χ3v) is 2.90. The Bertz CT molecular complexity index is 221. The summed E-state index contributed by atoms with van der Waals surface area (Å²) in [6.45, 7) is 5.12. The molecule has 0 aromatic carbocycles. The van der Waals surface area contributed by atoms with Crippen LogP contribution in [0.4, 0.5) is 0 Å². The lowest BCUT2D eigenvalue weighted by molar-refractivity contribution is -0.160. The highest BCUT2D eigenvalue weighted by molar-refractivity contribution is 5.70. The Balaban J connectivity index is 2.22. The molecule has 94 valence electrons. The number of esters is 1. The molecule has 1 aliphatic rings. The van der Waals surface area contributed by atoms with Crippen molar-refractivity contribution in [1.82, 2.24) is 0 Å². The van der Waals surface area contributed by atoms with Gasteiger partial charge in [-0.3, -0.25) is 4.79 Å². The van der Waals surface area contributed by atoms with Gasteiger partial charge in [0.2, 0.25) is 0 Å². The van der Waals surface area contributed by atoms with E-state index in [1.807, 2.05) is 13.8 Å². The SMILES string of the molecule is COC(=O)CC1(OCCOC(C)C)CCC1. The van der Waals surface area contributed by atoms with Crippen molar-refractivity contribution in [3.05, 3.63) is 0 Å². The Kier molecular flexibility index (Phi) is 5.22. The van der Waals surface area contributed by atoms with Crippen LogP contribution < -0.4 is 0 Å². The van der Waals surface area contributed by atoms with Crippen molar-refractivity contribution in [2.45, 2.75) is 51.2 Å². The van der Waals surface area contributed by atoms with Crippen LogP contribution in [0, 0.1) is 0 Å². The molecule has 0 N–H and O–H groups in total. The number of carbonyl (C=O) groups is 1. The number of hydrogen-bond donors (Lipinski definition) is 0. The summed E-state index contributed by atoms with van der Waals surface area (Å²) in [6.07, 6.45) is 3.61. The molecule has 1 rings (SSSR count). The Morgan fingerprint density at radius 2 is 2.00 bits per heavy atom. The lowest BCUT2D eigenvalue weighted by atomic mass is 9.77. The van der Waals surface area contributed by atoms with E-state index in [0.29, 0.717) is 19.6 Å². The van der Waals surface area contributed by atoms with Crippen LogP contribution >= 0.6 is 0 Å². The average Bonchev–Trinajstić information content (AvgIpc) is 2.19. The van der Waals surface area contributed by atoms with Crippen molar-refractivity contribution in [2.75, 3.05) is 20.3 Å². The minimum atomic E-state index is -0.270. The zero-order valence-corrected chi connectivity index (χ0v) is 10.5. The first-order chi connectivity index (χ1) is 7.58. The van der Waals surface area contributed by atoms with E-state index in [0.717, 1.165) is 19.3 Å². The molecule has 0 radical (unpaired) electrons. The zero-order chi connectivity index (χ0) is 12.0. The molecular formula is C12H22O4. The van der Waals surface area contributed by atoms with Crippen LogP contribution in [0.5, 0.6) is 0 Å². The van der Waals surface area contributed by atoms with Crippen LogP contribution in [0.2, 0.25) is 0 Å². The molecule has 1 fully saturated rings. The van der Waals surface area contributed by atoms with Gasteiger partial charge in [-0.1, -0.05) is 0 Å². The van der Waals surface area contributed by atoms with Crippen LogP contribution in [0.1, 0.15) is 39.5 Å². The molecular weight excluding hydrogens is 208 g/mol. The predicted octanol–water partition coefficient (Wildman–Crippen LogP) is 1.91. The summed E-state index contributed by atoms with van der Waals surface area (Å²) in [7, 11) is 1.41. The summed E-state index contributed by atoms with van der Waals surface area (Å²) < 4.78 is 15.8. The van der Waals surface area contributed by atoms with E-state index >= 15 is 0 Å². The fourth-order valence-electron chi connectivity index (χ4n) is 1.82. The van der Waals surface area contributed by atoms with Gasteiger partial charge in [-0.25, -0.2) is 0 Å². The predicted molar refractivity (Wildman–Crippen MR) is 60.3 cm³/mol. The monoisotopic (exact) mass is 230 g/mol. The quantitative estimate of drug-likeness (QED) is 0.495. The summed E-state index contributed by atoms with van der Waals surface area (Å²) in [5.41, 5.74) is -0.270. The molecule has 0 aliphatic heterocycles. The maximum atomic E-state index is 11.2. The first kappa shape index (κ1) is 13.5. The molecule has 0 saturated heterocycles. The number of methoxy groups -OCH3 is 1. The molecule has 0 aromatic heterocycles. The fourth-order valence-corrected chi connectivity index (χ4v) is 1.82. The Hall–Kier alpha value is -0.610. The first-order valence-electron chi connectivity index (χ1n) is 5.90. The molecule has 4 nitrogen and oxygen atoms in total. The first-order valence-corrected chi connectivity index (χ1v) is 5.90. The Morgan fingerprint density at radius 3 is 2.44 bits per heavy atom. The number of hydrogen-bond acceptors (Lipinski definition) is 4. The third-order valence-electron chi connectivity index (χ3n) is 2.90. The van der Waals surface area contributed by atoms with Gasteiger partial charge in [-0.05, 0) is 33.1 Å². The summed E-state index contributed by atoms with van der Waals surface area (Å²) in [4.78, 5) is 11.2. The highest BCUT2D eigenvalue weighted by atomic mass is 16.5. The van der Waals surface area contributed by atoms with E-state index in [1.54, 1.807) is 0 Å². The molecule has 1 saturated carbocycles. The van der Waals surface area contributed by atoms with Crippen LogP contribution in [0.25, 0.3) is 0 Å². The van der Waals surface area contributed by atoms with Crippen LogP contribution in [-0.2, 0) is 19.0 Å². The molecule has 0 bridgehead atoms. The zero-order valence-electron chi connectivity index (χ0n) is 10.5. The smallest absolute Gasteiger partial charge is 0.308 e. The van der Waals surface area contributed by atoms with Gasteiger partial charge < -0.3 is 14.2 Å². The van der Waals surface area contributed by atoms with Gasteiger partial charge in [0.1, 0.15) is 0 Å². The second kappa shape index (κ2) is 6.21. The largest absolute Gasteiger partial charge is 0.469 e. The van der Waals surface area contributed by atoms with Crippen molar-refractivity contribution in [3.63, 3.8) is 0 Å². The van der Waals surface area contributed by atoms with Gasteiger partial charge in [-0.15, -0.1) is 0 Å². The molecule has 4 heteroatoms. The van der Waals surface area contributed by atoms with Gasteiger partial charge in [0.25, 0.3) is 0 Å². The molecule has 0 aromatic rings. The molecule has 16 heavy (non-hydrogen) atoms. The van der Waals surface area contributed by atoms with Crippen molar-refractivity contribution < 1.29 is 19.0 Å². The lowest BCUT2D eigenvalue weighted by Gasteiger charge is -2.40. The van der Waals surface area contributed by atoms with Crippen molar-refractivity contribution in [3.8, 4) is 0 Å². The van der Waals surface area contributed by atoms with Crippen LogP contribution in [-0.4, -0.2) is 38.0 Å². The molecule has 0 heterocycles. The Morgan fingerprint density at radius 1 is 1.31 bits per heavy atom. The summed E-state index contributed by atoms with van der Waals surface area (Å²) in [5.74, 6) is -0.190. The second-order valence-corrected chi connectivity index (χ2v) is 4.56. The van der Waals surface area contributed by atoms with Gasteiger partial charge in [0.15, 0.2) is 0 Å². The maximum absolute atomic E-state index is 11.2. The van der Waals surface area contributed by atoms with E-state index < -0.39 is 0 Å². The summed E-state index contributed by atoms with van der Waals surface area (Å²) >= 11 is 0. The normalized spacial score (nSPS) is 18.2. The number of rotatable bonds is 7. The van der Waals surface area contributed by atoms with Gasteiger partial charge in [0.05, 0.1) is 38.4 Å². The van der Waals surface area contributed by atoms with Gasteiger partial charge in [0, 0.05) is 0 Å². The van der Waals surface area contributed by atoms with E-state index in [1.165, 1.54) is 7.11 Å². The molecule has 0 amide bonds. The van der Waals surface area contributed by atoms with E-state index in [9.17, 15) is 4.79 Å². The van der Waals surface area contributed by atoms with Gasteiger partial charge >= 0.3 is 5.97 Å². The average molecular weight is 230 g/mol. The van der Waals surface area contributed by atoms with Crippen molar-refractivity contribution >= 4 is 5.97 Å². The second-order valence-electron chi connectivity index (χ2n) is 4.56. The maximum Gasteiger partial charge on any atom is 0.308 e. The molecule has 0 spiro atoms. The summed E-state index contributed by atoms with van der Waals surface area (Å²) in [6, 6.07) is 0. The standard InChI is InChI=1S/C12H22O4/c1-10(2)15-7-8-16-12(5-4-6-12)9-11(13)14-3/h10H,4-9H2,1-3H3. The van der Waals surface area contributed by atoms with E-state index in [-0.39, 0.29) is 17.7 Å². The van der Waals surface area contributed by atoms with Crippen LogP contribution in [0.15, 0.2) is 0 Å². The minimum Gasteiger partial charge on any atom is -0.469 e. The van der Waals surface area contributed by atoms with Gasteiger partial charge in [-0.2, -0.15) is 0 Å². The van der Waals surface area contributed by atoms with E-state index in [4.69, 9.17) is 9.47 Å². The highest BCUT2D eigenvalue weighted by Gasteiger charge is 2.40. The molecule has 1 aliphatic carbocycles. The van der Waals surface area contributed by atoms with Crippen LogP contribution in [0.3, 0.4) is 0 Å². The number of carbonyl (C=O) groups excluding carboxylic acids is 1. The third kappa shape index (κ3) is 4.10. The molecule has 0 unspecified atom stereocenters. The molecule has 0 atom stereocenters. The highest BCUT2D eigenvalue weighted by Crippen LogP contribution is 2.38. The minimum absolute atomic E-state index is 0.190. The number of ether oxygens (including phenoxy) is 3. The van der Waals surface area contributed by atoms with Crippen molar-refractivity contribution in [1.29, 1.82) is 0 Å². The topological polar surface area (TPSA) is 44.8 Å². The van der Waals surface area contributed by atoms with Crippen molar-refractivity contribution in [2.24, 2.45) is 0 Å². The lowest BCUT2D eigenvalue weighted by Crippen LogP contribution is -2.43. The summed E-state index contributed by atoms with van der Waals surface area (Å²) in [5, 5.41) is 0. The van der Waals surface area contributed by atoms with E-state index in [2.05, 4.69) is 4.74 Å². The fraction of sp³-hybridized carbons (Fsp3) is 0.917. The Labute approximate surface area is 97.2 Å².